The Kier molecular flexibility index (Phi) is 7.54. The highest BCUT2D eigenvalue weighted by Crippen LogP contribution is 2.28. The van der Waals surface area contributed by atoms with E-state index in [1.807, 2.05) is 0 Å². The lowest BCUT2D eigenvalue weighted by molar-refractivity contribution is 0.168. The van der Waals surface area contributed by atoms with Crippen molar-refractivity contribution in [3.63, 3.8) is 0 Å². The standard InChI is InChI=1S/C22H23Cl2FN6O2S/c1-14-7-9-31(10-8-14)30-34(32,33)17-4-2-3-15(11-17)28-22-26-13-20(25)21(29-22)27-16-5-6-18(23)19(24)12-16/h2-6,11-14,30H,7-10H2,1H3,(H2,26,27,28,29). The number of hydrogen-bond acceptors (Lipinski definition) is 7. The Balaban J connectivity index is 1.49. The lowest BCUT2D eigenvalue weighted by Gasteiger charge is -2.30. The number of piperidine rings is 1. The highest BCUT2D eigenvalue weighted by Gasteiger charge is 2.22. The summed E-state index contributed by atoms with van der Waals surface area (Å²) in [5.41, 5.74) is 0.923. The second kappa shape index (κ2) is 10.4. The van der Waals surface area contributed by atoms with Crippen molar-refractivity contribution < 1.29 is 12.8 Å². The monoisotopic (exact) mass is 524 g/mol. The molecule has 0 saturated carbocycles. The summed E-state index contributed by atoms with van der Waals surface area (Å²) in [5, 5.41) is 8.15. The van der Waals surface area contributed by atoms with Crippen LogP contribution in [0.1, 0.15) is 19.8 Å². The smallest absolute Gasteiger partial charge is 0.253 e. The number of nitrogens with zero attached hydrogens (tertiary/aromatic N) is 3. The summed E-state index contributed by atoms with van der Waals surface area (Å²) >= 11 is 11.9. The molecule has 0 atom stereocenters. The maximum atomic E-state index is 14.3. The molecule has 0 radical (unpaired) electrons. The van der Waals surface area contributed by atoms with E-state index in [0.29, 0.717) is 40.4 Å². The number of hydrazine groups is 1. The molecule has 1 aromatic heterocycles. The summed E-state index contributed by atoms with van der Waals surface area (Å²) < 4.78 is 40.0. The molecule has 0 unspecified atom stereocenters. The maximum Gasteiger partial charge on any atom is 0.253 e. The van der Waals surface area contributed by atoms with Crippen molar-refractivity contribution in [2.45, 2.75) is 24.7 Å². The second-order valence-electron chi connectivity index (χ2n) is 8.06. The van der Waals surface area contributed by atoms with Gasteiger partial charge < -0.3 is 10.6 Å². The average molecular weight is 525 g/mol. The molecule has 180 valence electrons. The molecule has 1 saturated heterocycles. The van der Waals surface area contributed by atoms with Crippen LogP contribution in [0.5, 0.6) is 0 Å². The molecule has 1 aliphatic heterocycles. The van der Waals surface area contributed by atoms with E-state index in [1.54, 1.807) is 35.3 Å². The molecule has 4 rings (SSSR count). The Morgan fingerprint density at radius 1 is 1.03 bits per heavy atom. The first-order chi connectivity index (χ1) is 16.2. The van der Waals surface area contributed by atoms with E-state index in [4.69, 9.17) is 23.2 Å². The summed E-state index contributed by atoms with van der Waals surface area (Å²) in [7, 11) is -3.76. The van der Waals surface area contributed by atoms with E-state index in [9.17, 15) is 12.8 Å². The third-order valence-electron chi connectivity index (χ3n) is 5.36. The number of rotatable bonds is 7. The number of benzene rings is 2. The second-order valence-corrected chi connectivity index (χ2v) is 10.5. The van der Waals surface area contributed by atoms with Crippen molar-refractivity contribution in [1.82, 2.24) is 19.8 Å². The highest BCUT2D eigenvalue weighted by molar-refractivity contribution is 7.89. The lowest BCUT2D eigenvalue weighted by atomic mass is 10.0. The van der Waals surface area contributed by atoms with Gasteiger partial charge in [0.05, 0.1) is 21.1 Å². The van der Waals surface area contributed by atoms with Crippen LogP contribution in [-0.2, 0) is 10.0 Å². The van der Waals surface area contributed by atoms with Gasteiger partial charge in [-0.3, -0.25) is 0 Å². The fourth-order valence-corrected chi connectivity index (χ4v) is 4.88. The molecule has 0 bridgehead atoms. The summed E-state index contributed by atoms with van der Waals surface area (Å²) in [6.45, 7) is 3.48. The largest absolute Gasteiger partial charge is 0.338 e. The van der Waals surface area contributed by atoms with Gasteiger partial charge in [0.25, 0.3) is 10.0 Å². The third-order valence-corrected chi connectivity index (χ3v) is 7.47. The zero-order valence-corrected chi connectivity index (χ0v) is 20.6. The molecule has 2 heterocycles. The van der Waals surface area contributed by atoms with E-state index in [1.165, 1.54) is 12.1 Å². The van der Waals surface area contributed by atoms with E-state index < -0.39 is 15.8 Å². The van der Waals surface area contributed by atoms with Crippen LogP contribution in [0.2, 0.25) is 10.0 Å². The fourth-order valence-electron chi connectivity index (χ4n) is 3.42. The van der Waals surface area contributed by atoms with Crippen LogP contribution in [-0.4, -0.2) is 36.5 Å². The van der Waals surface area contributed by atoms with Gasteiger partial charge >= 0.3 is 0 Å². The molecule has 3 N–H and O–H groups in total. The topological polar surface area (TPSA) is 99.3 Å². The number of halogens is 3. The zero-order chi connectivity index (χ0) is 24.3. The predicted octanol–water partition coefficient (Wildman–Crippen LogP) is 5.33. The van der Waals surface area contributed by atoms with Gasteiger partial charge in [0, 0.05) is 24.5 Å². The number of anilines is 4. The van der Waals surface area contributed by atoms with Gasteiger partial charge in [-0.15, -0.1) is 4.83 Å². The third kappa shape index (κ3) is 6.13. The van der Waals surface area contributed by atoms with Gasteiger partial charge in [0.2, 0.25) is 5.95 Å². The van der Waals surface area contributed by atoms with E-state index in [-0.39, 0.29) is 16.7 Å². The summed E-state index contributed by atoms with van der Waals surface area (Å²) in [5.74, 6) is -0.0924. The van der Waals surface area contributed by atoms with Gasteiger partial charge in [-0.05, 0) is 55.2 Å². The Hall–Kier alpha value is -2.50. The van der Waals surface area contributed by atoms with Crippen LogP contribution >= 0.6 is 23.2 Å². The fraction of sp³-hybridized carbons (Fsp3) is 0.273. The Morgan fingerprint density at radius 3 is 2.50 bits per heavy atom. The van der Waals surface area contributed by atoms with Gasteiger partial charge in [0.1, 0.15) is 0 Å². The average Bonchev–Trinajstić information content (AvgIpc) is 2.80. The Labute approximate surface area is 207 Å². The van der Waals surface area contributed by atoms with Crippen LogP contribution in [0.3, 0.4) is 0 Å². The van der Waals surface area contributed by atoms with Gasteiger partial charge in [0.15, 0.2) is 11.6 Å². The minimum Gasteiger partial charge on any atom is -0.338 e. The molecule has 34 heavy (non-hydrogen) atoms. The lowest BCUT2D eigenvalue weighted by Crippen LogP contribution is -2.46. The molecule has 0 spiro atoms. The molecule has 0 aliphatic carbocycles. The maximum absolute atomic E-state index is 14.3. The first-order valence-electron chi connectivity index (χ1n) is 10.6. The highest BCUT2D eigenvalue weighted by atomic mass is 35.5. The minimum atomic E-state index is -3.76. The molecular formula is C22H23Cl2FN6O2S. The molecule has 8 nitrogen and oxygen atoms in total. The quantitative estimate of drug-likeness (QED) is 0.383. The van der Waals surface area contributed by atoms with Gasteiger partial charge in [-0.2, -0.15) is 4.98 Å². The predicted molar refractivity (Wildman–Crippen MR) is 132 cm³/mol. The Morgan fingerprint density at radius 2 is 1.76 bits per heavy atom. The van der Waals surface area contributed by atoms with Crippen LogP contribution in [0.15, 0.2) is 53.6 Å². The summed E-state index contributed by atoms with van der Waals surface area (Å²) in [6, 6.07) is 11.0. The van der Waals surface area contributed by atoms with Crippen LogP contribution in [0, 0.1) is 11.7 Å². The molecule has 2 aromatic carbocycles. The normalized spacial score (nSPS) is 15.3. The van der Waals surface area contributed by atoms with Crippen LogP contribution in [0.25, 0.3) is 0 Å². The molecule has 12 heteroatoms. The van der Waals surface area contributed by atoms with Crippen molar-refractivity contribution >= 4 is 56.4 Å². The molecule has 1 aliphatic rings. The molecule has 3 aromatic rings. The first kappa shape index (κ1) is 24.6. The number of aromatic nitrogens is 2. The van der Waals surface area contributed by atoms with Crippen molar-refractivity contribution in [3.05, 3.63) is 64.5 Å². The minimum absolute atomic E-state index is 0.0801. The van der Waals surface area contributed by atoms with E-state index in [0.717, 1.165) is 19.0 Å². The van der Waals surface area contributed by atoms with Crippen molar-refractivity contribution in [1.29, 1.82) is 0 Å². The van der Waals surface area contributed by atoms with Gasteiger partial charge in [-0.1, -0.05) is 36.2 Å². The summed E-state index contributed by atoms with van der Waals surface area (Å²) in [4.78, 5) is 10.8. The number of nitrogens with one attached hydrogen (secondary N) is 3. The molecule has 0 amide bonds. The van der Waals surface area contributed by atoms with Crippen LogP contribution in [0.4, 0.5) is 27.5 Å². The van der Waals surface area contributed by atoms with Crippen molar-refractivity contribution in [2.75, 3.05) is 23.7 Å². The van der Waals surface area contributed by atoms with Crippen molar-refractivity contribution in [2.24, 2.45) is 5.92 Å². The van der Waals surface area contributed by atoms with E-state index >= 15 is 0 Å². The van der Waals surface area contributed by atoms with Crippen LogP contribution < -0.4 is 15.5 Å². The van der Waals surface area contributed by atoms with Crippen molar-refractivity contribution in [3.8, 4) is 0 Å². The number of sulfonamides is 1. The SMILES string of the molecule is CC1CCN(NS(=O)(=O)c2cccc(Nc3ncc(F)c(Nc4ccc(Cl)c(Cl)c4)n3)c2)CC1. The Bertz CT molecular complexity index is 1290. The van der Waals surface area contributed by atoms with Gasteiger partial charge in [-0.25, -0.2) is 22.8 Å². The molecular weight excluding hydrogens is 502 g/mol. The first-order valence-corrected chi connectivity index (χ1v) is 12.8. The van der Waals surface area contributed by atoms with E-state index in [2.05, 4.69) is 32.4 Å². The number of hydrogen-bond donors (Lipinski definition) is 3. The molecule has 1 fully saturated rings. The zero-order valence-electron chi connectivity index (χ0n) is 18.2. The summed E-state index contributed by atoms with van der Waals surface area (Å²) in [6.07, 6.45) is 2.88.